The first kappa shape index (κ1) is 14.0. The van der Waals surface area contributed by atoms with E-state index in [4.69, 9.17) is 5.26 Å². The molecule has 0 radical (unpaired) electrons. The Morgan fingerprint density at radius 1 is 1.40 bits per heavy atom. The molecule has 1 aromatic heterocycles. The second-order valence-corrected chi connectivity index (χ2v) is 5.75. The quantitative estimate of drug-likeness (QED) is 0.686. The molecule has 0 fully saturated rings. The van der Waals surface area contributed by atoms with Gasteiger partial charge in [0.1, 0.15) is 6.07 Å². The molecule has 1 aromatic carbocycles. The highest BCUT2D eigenvalue weighted by atomic mass is 32.1. The van der Waals surface area contributed by atoms with Crippen LogP contribution in [0.2, 0.25) is 0 Å². The predicted molar refractivity (Wildman–Crippen MR) is 78.9 cm³/mol. The zero-order valence-electron chi connectivity index (χ0n) is 11.1. The van der Waals surface area contributed by atoms with Crippen LogP contribution in [0.3, 0.4) is 0 Å². The van der Waals surface area contributed by atoms with E-state index < -0.39 is 4.92 Å². The van der Waals surface area contributed by atoms with Crippen molar-refractivity contribution in [2.75, 3.05) is 5.32 Å². The summed E-state index contributed by atoms with van der Waals surface area (Å²) in [4.78, 5) is 12.6. The van der Waals surface area contributed by atoms with Crippen molar-refractivity contribution in [2.45, 2.75) is 20.4 Å². The van der Waals surface area contributed by atoms with Crippen LogP contribution in [0.1, 0.15) is 20.9 Å². The van der Waals surface area contributed by atoms with Gasteiger partial charge >= 0.3 is 0 Å². The first-order valence-corrected chi connectivity index (χ1v) is 6.81. The van der Waals surface area contributed by atoms with E-state index in [2.05, 4.69) is 25.2 Å². The molecule has 20 heavy (non-hydrogen) atoms. The van der Waals surface area contributed by atoms with Gasteiger partial charge in [-0.2, -0.15) is 5.26 Å². The van der Waals surface area contributed by atoms with Crippen LogP contribution in [0.5, 0.6) is 0 Å². The van der Waals surface area contributed by atoms with Crippen molar-refractivity contribution in [1.29, 1.82) is 5.26 Å². The number of hydrogen-bond donors (Lipinski definition) is 1. The lowest BCUT2D eigenvalue weighted by Crippen LogP contribution is -2.00. The monoisotopic (exact) mass is 287 g/mol. The van der Waals surface area contributed by atoms with Crippen LogP contribution in [0, 0.1) is 35.3 Å². The second kappa shape index (κ2) is 5.72. The molecule has 5 nitrogen and oxygen atoms in total. The van der Waals surface area contributed by atoms with Gasteiger partial charge in [0.15, 0.2) is 0 Å². The Bertz CT molecular complexity index is 681. The third-order valence-electron chi connectivity index (χ3n) is 3.00. The third-order valence-corrected chi connectivity index (χ3v) is 4.16. The summed E-state index contributed by atoms with van der Waals surface area (Å²) in [5.41, 5.74) is 2.07. The van der Waals surface area contributed by atoms with E-state index in [9.17, 15) is 10.1 Å². The van der Waals surface area contributed by atoms with Crippen molar-refractivity contribution in [2.24, 2.45) is 0 Å². The number of nitro groups is 1. The maximum Gasteiger partial charge on any atom is 0.270 e. The minimum absolute atomic E-state index is 0.0742. The van der Waals surface area contributed by atoms with E-state index in [-0.39, 0.29) is 11.3 Å². The van der Waals surface area contributed by atoms with Gasteiger partial charge in [0, 0.05) is 28.4 Å². The summed E-state index contributed by atoms with van der Waals surface area (Å²) in [7, 11) is 0. The summed E-state index contributed by atoms with van der Waals surface area (Å²) >= 11 is 1.70. The zero-order valence-corrected chi connectivity index (χ0v) is 12.0. The molecule has 0 amide bonds. The molecule has 0 atom stereocenters. The second-order valence-electron chi connectivity index (χ2n) is 4.40. The van der Waals surface area contributed by atoms with E-state index in [1.165, 1.54) is 27.5 Å². The van der Waals surface area contributed by atoms with Crippen molar-refractivity contribution in [3.05, 3.63) is 55.3 Å². The number of hydrogen-bond acceptors (Lipinski definition) is 5. The number of aryl methyl sites for hydroxylation is 2. The fourth-order valence-corrected chi connectivity index (χ4v) is 2.80. The number of benzene rings is 1. The summed E-state index contributed by atoms with van der Waals surface area (Å²) in [6, 6.07) is 8.34. The molecule has 1 N–H and O–H groups in total. The molecule has 0 aliphatic heterocycles. The van der Waals surface area contributed by atoms with Crippen LogP contribution < -0.4 is 5.32 Å². The van der Waals surface area contributed by atoms with E-state index in [0.717, 1.165) is 0 Å². The van der Waals surface area contributed by atoms with Gasteiger partial charge in [-0.15, -0.1) is 11.3 Å². The summed E-state index contributed by atoms with van der Waals surface area (Å²) < 4.78 is 0. The third kappa shape index (κ3) is 2.95. The van der Waals surface area contributed by atoms with Crippen molar-refractivity contribution in [3.8, 4) is 6.07 Å². The first-order chi connectivity index (χ1) is 9.51. The first-order valence-electron chi connectivity index (χ1n) is 5.99. The highest BCUT2D eigenvalue weighted by Gasteiger charge is 2.10. The molecule has 2 aromatic rings. The van der Waals surface area contributed by atoms with E-state index in [1.54, 1.807) is 17.4 Å². The van der Waals surface area contributed by atoms with Crippen LogP contribution in [0.15, 0.2) is 24.3 Å². The Morgan fingerprint density at radius 3 is 2.70 bits per heavy atom. The van der Waals surface area contributed by atoms with Gasteiger partial charge in [-0.25, -0.2) is 0 Å². The van der Waals surface area contributed by atoms with Crippen LogP contribution in [-0.2, 0) is 6.54 Å². The van der Waals surface area contributed by atoms with Crippen molar-refractivity contribution in [1.82, 2.24) is 0 Å². The number of nitro benzene ring substituents is 1. The van der Waals surface area contributed by atoms with E-state index >= 15 is 0 Å². The predicted octanol–water partition coefficient (Wildman–Crippen LogP) is 3.76. The lowest BCUT2D eigenvalue weighted by molar-refractivity contribution is -0.384. The minimum atomic E-state index is -0.503. The van der Waals surface area contributed by atoms with Gasteiger partial charge in [0.25, 0.3) is 5.69 Å². The molecule has 2 rings (SSSR count). The molecule has 0 bridgehead atoms. The van der Waals surface area contributed by atoms with E-state index in [1.807, 2.05) is 6.07 Å². The number of non-ortho nitro benzene ring substituents is 1. The molecular weight excluding hydrogens is 274 g/mol. The SMILES string of the molecule is Cc1cc(CNc2ccc([N+](=O)[O-])cc2C#N)sc1C. The molecule has 0 saturated carbocycles. The van der Waals surface area contributed by atoms with Crippen LogP contribution >= 0.6 is 11.3 Å². The van der Waals surface area contributed by atoms with Crippen molar-refractivity contribution in [3.63, 3.8) is 0 Å². The number of anilines is 1. The lowest BCUT2D eigenvalue weighted by Gasteiger charge is -2.06. The highest BCUT2D eigenvalue weighted by Crippen LogP contribution is 2.24. The molecule has 0 aliphatic carbocycles. The maximum atomic E-state index is 10.7. The fraction of sp³-hybridized carbons (Fsp3) is 0.214. The number of thiophene rings is 1. The Morgan fingerprint density at radius 2 is 2.15 bits per heavy atom. The van der Waals surface area contributed by atoms with Gasteiger partial charge in [0.05, 0.1) is 16.2 Å². The average Bonchev–Trinajstić information content (AvgIpc) is 2.75. The highest BCUT2D eigenvalue weighted by molar-refractivity contribution is 7.12. The van der Waals surface area contributed by atoms with Crippen LogP contribution in [0.25, 0.3) is 0 Å². The van der Waals surface area contributed by atoms with Crippen molar-refractivity contribution >= 4 is 22.7 Å². The van der Waals surface area contributed by atoms with Gasteiger partial charge in [-0.3, -0.25) is 10.1 Å². The fourth-order valence-electron chi connectivity index (χ4n) is 1.81. The summed E-state index contributed by atoms with van der Waals surface area (Å²) in [6.07, 6.45) is 0. The normalized spacial score (nSPS) is 10.1. The molecular formula is C14H13N3O2S. The van der Waals surface area contributed by atoms with Crippen molar-refractivity contribution < 1.29 is 4.92 Å². The van der Waals surface area contributed by atoms with Crippen LogP contribution in [-0.4, -0.2) is 4.92 Å². The summed E-state index contributed by atoms with van der Waals surface area (Å²) in [5, 5.41) is 22.9. The number of nitriles is 1. The maximum absolute atomic E-state index is 10.7. The average molecular weight is 287 g/mol. The zero-order chi connectivity index (χ0) is 14.7. The number of nitrogens with one attached hydrogen (secondary N) is 1. The lowest BCUT2D eigenvalue weighted by atomic mass is 10.1. The van der Waals surface area contributed by atoms with Crippen LogP contribution in [0.4, 0.5) is 11.4 Å². The topological polar surface area (TPSA) is 79.0 Å². The standard InChI is InChI=1S/C14H13N3O2S/c1-9-5-13(20-10(9)2)8-16-14-4-3-12(17(18)19)6-11(14)7-15/h3-6,16H,8H2,1-2H3. The Balaban J connectivity index is 2.17. The Labute approximate surface area is 120 Å². The molecule has 102 valence electrons. The molecule has 1 heterocycles. The molecule has 0 unspecified atom stereocenters. The van der Waals surface area contributed by atoms with Gasteiger partial charge in [0.2, 0.25) is 0 Å². The van der Waals surface area contributed by atoms with Gasteiger partial charge < -0.3 is 5.32 Å². The Kier molecular flexibility index (Phi) is 4.01. The molecule has 0 saturated heterocycles. The van der Waals surface area contributed by atoms with Gasteiger partial charge in [-0.05, 0) is 31.5 Å². The molecule has 0 spiro atoms. The summed E-state index contributed by atoms with van der Waals surface area (Å²) in [6.45, 7) is 4.73. The Hall–Kier alpha value is -2.39. The number of nitrogens with zero attached hydrogens (tertiary/aromatic N) is 2. The largest absolute Gasteiger partial charge is 0.379 e. The van der Waals surface area contributed by atoms with E-state index in [0.29, 0.717) is 12.2 Å². The minimum Gasteiger partial charge on any atom is -0.379 e. The van der Waals surface area contributed by atoms with Gasteiger partial charge in [-0.1, -0.05) is 0 Å². The molecule has 0 aliphatic rings. The smallest absolute Gasteiger partial charge is 0.270 e. The molecule has 6 heteroatoms. The number of rotatable bonds is 4. The summed E-state index contributed by atoms with van der Waals surface area (Å²) in [5.74, 6) is 0.